The predicted octanol–water partition coefficient (Wildman–Crippen LogP) is 6.01. The molecule has 0 atom stereocenters. The zero-order valence-corrected chi connectivity index (χ0v) is 19.7. The molecule has 1 aromatic rings. The zero-order valence-electron chi connectivity index (χ0n) is 18.9. The van der Waals surface area contributed by atoms with E-state index in [0.717, 1.165) is 4.48 Å². The summed E-state index contributed by atoms with van der Waals surface area (Å²) in [5.74, 6) is 0. The molecule has 0 heterocycles. The summed E-state index contributed by atoms with van der Waals surface area (Å²) in [7, 11) is 3.12. The van der Waals surface area contributed by atoms with Crippen molar-refractivity contribution in [3.63, 3.8) is 0 Å². The molecule has 28 heavy (non-hydrogen) atoms. The van der Waals surface area contributed by atoms with Gasteiger partial charge in [0.1, 0.15) is 5.69 Å². The topological polar surface area (TPSA) is 89.4 Å². The molecule has 1 rings (SSSR count). The number of hydrogen-bond acceptors (Lipinski definition) is 3. The second-order valence-corrected chi connectivity index (χ2v) is 9.77. The summed E-state index contributed by atoms with van der Waals surface area (Å²) in [4.78, 5) is 0. The van der Waals surface area contributed by atoms with Crippen molar-refractivity contribution in [2.75, 3.05) is 27.4 Å². The molecule has 0 fully saturated rings. The number of aryl methyl sites for hydroxylation is 1. The molecule has 0 saturated carbocycles. The molecule has 0 unspecified atom stereocenters. The van der Waals surface area contributed by atoms with Gasteiger partial charge in [0.2, 0.25) is 0 Å². The molecule has 0 spiro atoms. The molecule has 0 saturated heterocycles. The lowest BCUT2D eigenvalue weighted by Crippen LogP contribution is -2.35. The van der Waals surface area contributed by atoms with Gasteiger partial charge in [-0.1, -0.05) is 82.9 Å². The molecule has 1 aromatic carbocycles. The van der Waals surface area contributed by atoms with Gasteiger partial charge in [-0.2, -0.15) is 8.42 Å². The highest BCUT2D eigenvalue weighted by Crippen LogP contribution is 2.24. The molecule has 0 aliphatic carbocycles. The van der Waals surface area contributed by atoms with Gasteiger partial charge in [-0.25, -0.2) is 0 Å². The van der Waals surface area contributed by atoms with E-state index < -0.39 is 10.1 Å². The highest BCUT2D eigenvalue weighted by molar-refractivity contribution is 7.85. The van der Waals surface area contributed by atoms with Crippen LogP contribution in [-0.4, -0.2) is 40.4 Å². The minimum Gasteiger partial charge on any atom is -0.344 e. The van der Waals surface area contributed by atoms with Crippen molar-refractivity contribution in [2.24, 2.45) is 0 Å². The SMILES string of the molecule is CCCCCCCCCCCCc1ccccc1[N+](C)(C)C.CS(=O)(=O)O.N. The third kappa shape index (κ3) is 18.4. The van der Waals surface area contributed by atoms with Gasteiger partial charge in [-0.15, -0.1) is 0 Å². The van der Waals surface area contributed by atoms with E-state index in [9.17, 15) is 8.42 Å². The van der Waals surface area contributed by atoms with E-state index in [4.69, 9.17) is 4.55 Å². The fraction of sp³-hybridized carbons (Fsp3) is 0.727. The number of rotatable bonds is 12. The standard InChI is InChI=1S/C21H38N.CH4O3S.H3N/c1-5-6-7-8-9-10-11-12-13-14-17-20-18-15-16-19-21(20)22(2,3)4;1-5(2,3)4;/h15-16,18-19H,5-14,17H2,1-4H3;1H3,(H,2,3,4);1H3/q+1;;. The number of para-hydroxylation sites is 1. The molecule has 4 N–H and O–H groups in total. The maximum atomic E-state index is 9.19. The summed E-state index contributed by atoms with van der Waals surface area (Å²) >= 11 is 0. The fourth-order valence-electron chi connectivity index (χ4n) is 3.18. The van der Waals surface area contributed by atoms with Crippen LogP contribution in [0.1, 0.15) is 76.7 Å². The largest absolute Gasteiger partial charge is 0.344 e. The van der Waals surface area contributed by atoms with E-state index in [1.807, 2.05) is 0 Å². The lowest BCUT2D eigenvalue weighted by Gasteiger charge is -2.26. The first-order chi connectivity index (χ1) is 12.6. The van der Waals surface area contributed by atoms with Crippen LogP contribution in [0.25, 0.3) is 0 Å². The van der Waals surface area contributed by atoms with Gasteiger partial charge in [0.05, 0.1) is 27.4 Å². The van der Waals surface area contributed by atoms with Gasteiger partial charge in [0, 0.05) is 5.56 Å². The first-order valence-electron chi connectivity index (χ1n) is 10.4. The number of benzene rings is 1. The van der Waals surface area contributed by atoms with Crippen molar-refractivity contribution in [3.8, 4) is 0 Å². The molecule has 0 aliphatic heterocycles. The van der Waals surface area contributed by atoms with E-state index in [2.05, 4.69) is 52.3 Å². The summed E-state index contributed by atoms with van der Waals surface area (Å²) in [5, 5.41) is 0. The maximum Gasteiger partial charge on any atom is 0.261 e. The van der Waals surface area contributed by atoms with Crippen LogP contribution in [0.4, 0.5) is 5.69 Å². The summed E-state index contributed by atoms with van der Waals surface area (Å²) in [6.45, 7) is 2.29. The van der Waals surface area contributed by atoms with Crippen molar-refractivity contribution in [1.82, 2.24) is 10.6 Å². The second kappa shape index (κ2) is 15.9. The summed E-state index contributed by atoms with van der Waals surface area (Å²) in [6, 6.07) is 8.95. The van der Waals surface area contributed by atoms with Crippen LogP contribution >= 0.6 is 0 Å². The molecule has 166 valence electrons. The van der Waals surface area contributed by atoms with Crippen LogP contribution in [0.3, 0.4) is 0 Å². The Morgan fingerprint density at radius 2 is 1.21 bits per heavy atom. The molecular formula is C22H45N2O3S+. The molecule has 0 radical (unpaired) electrons. The van der Waals surface area contributed by atoms with Gasteiger partial charge < -0.3 is 6.15 Å². The van der Waals surface area contributed by atoms with Crippen LogP contribution in [0, 0.1) is 0 Å². The summed E-state index contributed by atoms with van der Waals surface area (Å²) in [6.07, 6.45) is 16.1. The van der Waals surface area contributed by atoms with Crippen molar-refractivity contribution in [2.45, 2.75) is 77.6 Å². The Morgan fingerprint density at radius 1 is 0.821 bits per heavy atom. The lowest BCUT2D eigenvalue weighted by molar-refractivity contribution is 0.480. The van der Waals surface area contributed by atoms with Gasteiger partial charge in [0.25, 0.3) is 10.1 Å². The van der Waals surface area contributed by atoms with Crippen molar-refractivity contribution in [3.05, 3.63) is 29.8 Å². The second-order valence-electron chi connectivity index (χ2n) is 8.31. The summed E-state index contributed by atoms with van der Waals surface area (Å²) in [5.41, 5.74) is 3.01. The first kappa shape index (κ1) is 29.3. The minimum absolute atomic E-state index is 0. The number of unbranched alkanes of at least 4 members (excludes halogenated alkanes) is 9. The van der Waals surface area contributed by atoms with E-state index in [0.29, 0.717) is 6.26 Å². The monoisotopic (exact) mass is 417 g/mol. The Bertz CT molecular complexity index is 588. The van der Waals surface area contributed by atoms with Crippen molar-refractivity contribution < 1.29 is 13.0 Å². The van der Waals surface area contributed by atoms with Crippen LogP contribution in [0.2, 0.25) is 0 Å². The molecule has 0 aliphatic rings. The smallest absolute Gasteiger partial charge is 0.261 e. The minimum atomic E-state index is -3.67. The van der Waals surface area contributed by atoms with Gasteiger partial charge >= 0.3 is 0 Å². The van der Waals surface area contributed by atoms with E-state index in [1.165, 1.54) is 81.9 Å². The Morgan fingerprint density at radius 3 is 1.64 bits per heavy atom. The Kier molecular flexibility index (Phi) is 16.6. The third-order valence-corrected chi connectivity index (χ3v) is 4.51. The normalized spacial score (nSPS) is 11.4. The van der Waals surface area contributed by atoms with Crippen molar-refractivity contribution in [1.29, 1.82) is 0 Å². The molecule has 5 nitrogen and oxygen atoms in total. The van der Waals surface area contributed by atoms with Crippen molar-refractivity contribution >= 4 is 15.8 Å². The molecule has 0 aromatic heterocycles. The molecule has 6 heteroatoms. The van der Waals surface area contributed by atoms with Crippen LogP contribution < -0.4 is 10.6 Å². The molecule has 0 amide bonds. The van der Waals surface area contributed by atoms with E-state index >= 15 is 0 Å². The Labute approximate surface area is 174 Å². The highest BCUT2D eigenvalue weighted by atomic mass is 32.2. The fourth-order valence-corrected chi connectivity index (χ4v) is 3.18. The van der Waals surface area contributed by atoms with Crippen LogP contribution in [0.15, 0.2) is 24.3 Å². The average Bonchev–Trinajstić information content (AvgIpc) is 2.54. The Hall–Kier alpha value is -0.950. The third-order valence-electron chi connectivity index (χ3n) is 4.51. The highest BCUT2D eigenvalue weighted by Gasteiger charge is 2.16. The van der Waals surface area contributed by atoms with Gasteiger partial charge in [-0.05, 0) is 18.9 Å². The Balaban J connectivity index is 0. The first-order valence-corrected chi connectivity index (χ1v) is 12.2. The zero-order chi connectivity index (χ0) is 20.8. The van der Waals surface area contributed by atoms with E-state index in [1.54, 1.807) is 0 Å². The predicted molar refractivity (Wildman–Crippen MR) is 124 cm³/mol. The molecule has 0 bridgehead atoms. The average molecular weight is 418 g/mol. The molecular weight excluding hydrogens is 372 g/mol. The summed E-state index contributed by atoms with van der Waals surface area (Å²) < 4.78 is 26.8. The quantitative estimate of drug-likeness (QED) is 0.247. The van der Waals surface area contributed by atoms with Crippen LogP contribution in [0.5, 0.6) is 0 Å². The number of nitrogens with zero attached hydrogens (tertiary/aromatic N) is 1. The van der Waals surface area contributed by atoms with Gasteiger partial charge in [-0.3, -0.25) is 9.04 Å². The van der Waals surface area contributed by atoms with Gasteiger partial charge in [0.15, 0.2) is 0 Å². The number of quaternary nitrogens is 1. The number of hydrogen-bond donors (Lipinski definition) is 2. The lowest BCUT2D eigenvalue weighted by atomic mass is 10.0. The van der Waals surface area contributed by atoms with E-state index in [-0.39, 0.29) is 6.15 Å². The maximum absolute atomic E-state index is 9.19. The van der Waals surface area contributed by atoms with Crippen LogP contribution in [-0.2, 0) is 16.5 Å².